The van der Waals surface area contributed by atoms with Gasteiger partial charge in [0.25, 0.3) is 0 Å². The van der Waals surface area contributed by atoms with Gasteiger partial charge in [0.15, 0.2) is 0 Å². The molecule has 1 unspecified atom stereocenters. The van der Waals surface area contributed by atoms with Gasteiger partial charge in [-0.1, -0.05) is 0 Å². The number of rotatable bonds is 6. The number of alkyl halides is 1. The van der Waals surface area contributed by atoms with Gasteiger partial charge in [-0.2, -0.15) is 0 Å². The van der Waals surface area contributed by atoms with Gasteiger partial charge in [0.2, 0.25) is 0 Å². The van der Waals surface area contributed by atoms with Crippen LogP contribution in [0.3, 0.4) is 0 Å². The average Bonchev–Trinajstić information content (AvgIpc) is 2.55. The van der Waals surface area contributed by atoms with Crippen LogP contribution in [0.1, 0.15) is 54.6 Å². The second kappa shape index (κ2) is 8.75. The number of nitrogen functional groups attached to an aromatic ring is 1. The molecule has 0 bridgehead atoms. The number of hydrogen-bond acceptors (Lipinski definition) is 5. The molecule has 1 saturated carbocycles. The van der Waals surface area contributed by atoms with Crippen LogP contribution in [0.4, 0.5) is 5.69 Å². The van der Waals surface area contributed by atoms with Crippen molar-refractivity contribution in [1.29, 1.82) is 0 Å². The van der Waals surface area contributed by atoms with Crippen molar-refractivity contribution in [1.82, 2.24) is 0 Å². The van der Waals surface area contributed by atoms with Gasteiger partial charge in [0.05, 0.1) is 0 Å². The van der Waals surface area contributed by atoms with Gasteiger partial charge in [-0.3, -0.25) is 0 Å². The van der Waals surface area contributed by atoms with Crippen molar-refractivity contribution in [2.75, 3.05) is 10.3 Å². The molecule has 0 heterocycles. The summed E-state index contributed by atoms with van der Waals surface area (Å²) < 4.78 is 4.88. The van der Waals surface area contributed by atoms with Crippen LogP contribution in [0.5, 0.6) is 0 Å². The third kappa shape index (κ3) is 4.99. The number of hydrogen-bond donors (Lipinski definition) is 3. The summed E-state index contributed by atoms with van der Waals surface area (Å²) >= 11 is -0.364. The van der Waals surface area contributed by atoms with Gasteiger partial charge in [-0.25, -0.2) is 0 Å². The van der Waals surface area contributed by atoms with E-state index in [0.717, 1.165) is 37.2 Å². The Labute approximate surface area is 148 Å². The van der Waals surface area contributed by atoms with E-state index in [1.54, 1.807) is 12.3 Å². The topological polar surface area (TPSA) is 107 Å². The van der Waals surface area contributed by atoms with E-state index in [4.69, 9.17) is 17.2 Å². The number of nitrogens with zero attached hydrogens (tertiary/aromatic N) is 1. The van der Waals surface area contributed by atoms with E-state index in [2.05, 4.69) is 10.1 Å². The zero-order valence-electron chi connectivity index (χ0n) is 13.5. The zero-order chi connectivity index (χ0) is 16.8. The van der Waals surface area contributed by atoms with Crippen molar-refractivity contribution in [2.45, 2.75) is 38.6 Å². The fourth-order valence-electron chi connectivity index (χ4n) is 2.96. The minimum absolute atomic E-state index is 0.0942. The fourth-order valence-corrected chi connectivity index (χ4v) is 3.76. The summed E-state index contributed by atoms with van der Waals surface area (Å²) in [6.45, 7) is 2.25. The van der Waals surface area contributed by atoms with Crippen LogP contribution in [-0.2, 0) is 0 Å². The van der Waals surface area contributed by atoms with Gasteiger partial charge in [0.1, 0.15) is 0 Å². The van der Waals surface area contributed by atoms with Gasteiger partial charge in [-0.05, 0) is 0 Å². The number of nitrogens with two attached hydrogens (primary N) is 3. The quantitative estimate of drug-likeness (QED) is 0.138. The first-order valence-corrected chi connectivity index (χ1v) is 10.5. The van der Waals surface area contributed by atoms with E-state index in [1.807, 2.05) is 12.1 Å². The third-order valence-electron chi connectivity index (χ3n) is 4.47. The Morgan fingerprint density at radius 2 is 2.09 bits per heavy atom. The number of halogens is 1. The molecule has 0 saturated heterocycles. The molecule has 0 aromatic heterocycles. The van der Waals surface area contributed by atoms with Gasteiger partial charge >= 0.3 is 149 Å². The van der Waals surface area contributed by atoms with Crippen molar-refractivity contribution >= 4 is 17.7 Å². The third-order valence-corrected chi connectivity index (χ3v) is 5.58. The summed E-state index contributed by atoms with van der Waals surface area (Å²) in [6, 6.07) is 5.17. The molecule has 1 fully saturated rings. The minimum atomic E-state index is -0.364. The Hall–Kier alpha value is -0.990. The van der Waals surface area contributed by atoms with Crippen molar-refractivity contribution in [3.63, 3.8) is 0 Å². The summed E-state index contributed by atoms with van der Waals surface area (Å²) in [5.74, 6) is 0.977. The van der Waals surface area contributed by atoms with Crippen LogP contribution < -0.4 is 38.7 Å². The Kier molecular flexibility index (Phi) is 6.98. The van der Waals surface area contributed by atoms with E-state index in [-0.39, 0.29) is 39.2 Å². The Morgan fingerprint density at radius 3 is 2.74 bits per heavy atom. The predicted octanol–water partition coefficient (Wildman–Crippen LogP) is -0.731. The monoisotopic (exact) mass is 429 g/mol. The van der Waals surface area contributed by atoms with Crippen molar-refractivity contribution in [3.05, 3.63) is 29.3 Å². The molecule has 23 heavy (non-hydrogen) atoms. The molecule has 1 aromatic rings. The van der Waals surface area contributed by atoms with Crippen molar-refractivity contribution in [2.24, 2.45) is 26.5 Å². The first-order chi connectivity index (χ1) is 11.0. The van der Waals surface area contributed by atoms with Crippen molar-refractivity contribution < 1.29 is 26.3 Å². The first-order valence-electron chi connectivity index (χ1n) is 8.04. The molecule has 2 rings (SSSR count). The molecule has 5 nitrogen and oxygen atoms in total. The van der Waals surface area contributed by atoms with Crippen LogP contribution in [-0.4, -0.2) is 16.5 Å². The van der Waals surface area contributed by atoms with Crippen LogP contribution >= 0.6 is 0 Å². The van der Waals surface area contributed by atoms with E-state index < -0.39 is 0 Å². The molecular weight excluding hydrogens is 403 g/mol. The maximum absolute atomic E-state index is 12.8. The molecule has 6 heteroatoms. The molecule has 1 aliphatic carbocycles. The van der Waals surface area contributed by atoms with E-state index >= 15 is 0 Å². The predicted molar refractivity (Wildman–Crippen MR) is 90.8 cm³/mol. The number of benzene rings is 1. The zero-order valence-corrected chi connectivity index (χ0v) is 15.7. The summed E-state index contributed by atoms with van der Waals surface area (Å²) in [7, 11) is 0. The Balaban J connectivity index is 2.15. The molecule has 0 aliphatic heterocycles. The van der Waals surface area contributed by atoms with Gasteiger partial charge in [0, 0.05) is 0 Å². The molecule has 0 radical (unpaired) electrons. The summed E-state index contributed by atoms with van der Waals surface area (Å²) in [4.78, 5) is 12.8. The molecule has 0 spiro atoms. The molecule has 1 aromatic carbocycles. The standard InChI is InChI=1S/C17H26IN4O/c1-11-2-4-12(5-3-11)17(23)14-8-13(6-7-15(14)20)16(21)9-22-18-10-19/h6-9,11-12,16H,2-5,10,19-21H2,1H3/q-1. The number of Topliss-reactive ketones (excluding diaryl/α,β-unsaturated/α-hetero) is 1. The van der Waals surface area contributed by atoms with E-state index in [1.165, 1.54) is 0 Å². The van der Waals surface area contributed by atoms with E-state index in [9.17, 15) is 4.79 Å². The number of carbonyl (C=O) groups excluding carboxylic acids is 1. The molecule has 1 aliphatic rings. The molecule has 1 atom stereocenters. The summed E-state index contributed by atoms with van der Waals surface area (Å²) in [5.41, 5.74) is 19.6. The van der Waals surface area contributed by atoms with Gasteiger partial charge < -0.3 is 0 Å². The molecular formula is C17H26IN4O-. The Bertz CT molecular complexity index is 568. The number of anilines is 1. The summed E-state index contributed by atoms with van der Waals surface area (Å²) in [6.07, 6.45) is 5.87. The maximum atomic E-state index is 12.8. The summed E-state index contributed by atoms with van der Waals surface area (Å²) in [5, 5.41) is 0. The van der Waals surface area contributed by atoms with E-state index in [0.29, 0.717) is 15.8 Å². The fraction of sp³-hybridized carbons (Fsp3) is 0.529. The molecule has 0 amide bonds. The SMILES string of the molecule is CC1CCC(C(=O)c2cc(C(N)C=N[I-]CN)ccc2N)CC1. The second-order valence-corrected chi connectivity index (χ2v) is 8.33. The Morgan fingerprint density at radius 1 is 1.39 bits per heavy atom. The molecule has 6 N–H and O–H groups in total. The molecule has 128 valence electrons. The van der Waals surface area contributed by atoms with Crippen molar-refractivity contribution in [3.8, 4) is 0 Å². The average molecular weight is 429 g/mol. The first kappa shape index (κ1) is 18.4. The van der Waals surface area contributed by atoms with Crippen LogP contribution in [0, 0.1) is 11.8 Å². The van der Waals surface area contributed by atoms with Crippen LogP contribution in [0.15, 0.2) is 21.4 Å². The normalized spacial score (nSPS) is 23.3. The van der Waals surface area contributed by atoms with Crippen LogP contribution in [0.25, 0.3) is 0 Å². The van der Waals surface area contributed by atoms with Gasteiger partial charge in [-0.15, -0.1) is 0 Å². The number of ketones is 1. The second-order valence-electron chi connectivity index (χ2n) is 6.21. The van der Waals surface area contributed by atoms with Crippen LogP contribution in [0.2, 0.25) is 0 Å². The number of carbonyl (C=O) groups is 1.